The van der Waals surface area contributed by atoms with Gasteiger partial charge < -0.3 is 14.2 Å². The number of carbonyl (C=O) groups is 2. The second kappa shape index (κ2) is 7.21. The SMILES string of the molecule is CCOC(=O)[C@@H]1C[C@@H](OCc2ccccc2)[C@@H](C)[C@@H]2COC(=O)N12. The molecule has 0 unspecified atom stereocenters. The molecule has 2 fully saturated rings. The maximum absolute atomic E-state index is 12.3. The second-order valence-electron chi connectivity index (χ2n) is 6.25. The Labute approximate surface area is 141 Å². The first kappa shape index (κ1) is 16.8. The van der Waals surface area contributed by atoms with Gasteiger partial charge in [-0.05, 0) is 12.5 Å². The molecule has 0 saturated carbocycles. The van der Waals surface area contributed by atoms with Crippen molar-refractivity contribution in [2.75, 3.05) is 13.2 Å². The summed E-state index contributed by atoms with van der Waals surface area (Å²) in [5.41, 5.74) is 1.08. The number of benzene rings is 1. The zero-order chi connectivity index (χ0) is 17.1. The van der Waals surface area contributed by atoms with Crippen molar-refractivity contribution in [2.45, 2.75) is 45.1 Å². The van der Waals surface area contributed by atoms with E-state index in [-0.39, 0.29) is 30.6 Å². The number of cyclic esters (lactones) is 1. The number of rotatable bonds is 5. The quantitative estimate of drug-likeness (QED) is 0.774. The van der Waals surface area contributed by atoms with Crippen molar-refractivity contribution in [1.82, 2.24) is 4.90 Å². The third-order valence-electron chi connectivity index (χ3n) is 4.80. The number of hydrogen-bond acceptors (Lipinski definition) is 5. The van der Waals surface area contributed by atoms with Gasteiger partial charge in [0.2, 0.25) is 0 Å². The van der Waals surface area contributed by atoms with E-state index in [1.807, 2.05) is 37.3 Å². The van der Waals surface area contributed by atoms with Crippen LogP contribution < -0.4 is 0 Å². The smallest absolute Gasteiger partial charge is 0.410 e. The fourth-order valence-corrected chi connectivity index (χ4v) is 3.45. The molecular weight excluding hydrogens is 310 g/mol. The molecule has 4 atom stereocenters. The summed E-state index contributed by atoms with van der Waals surface area (Å²) in [6, 6.07) is 9.12. The molecule has 0 aliphatic carbocycles. The van der Waals surface area contributed by atoms with E-state index in [4.69, 9.17) is 14.2 Å². The number of carbonyl (C=O) groups excluding carboxylic acids is 2. The van der Waals surface area contributed by atoms with Gasteiger partial charge >= 0.3 is 12.1 Å². The third-order valence-corrected chi connectivity index (χ3v) is 4.80. The molecule has 0 radical (unpaired) electrons. The summed E-state index contributed by atoms with van der Waals surface area (Å²) in [4.78, 5) is 25.8. The molecule has 0 spiro atoms. The highest BCUT2D eigenvalue weighted by Crippen LogP contribution is 2.35. The Balaban J connectivity index is 1.73. The van der Waals surface area contributed by atoms with Gasteiger partial charge in [0.25, 0.3) is 0 Å². The van der Waals surface area contributed by atoms with Crippen molar-refractivity contribution >= 4 is 12.1 Å². The van der Waals surface area contributed by atoms with Crippen LogP contribution in [0.15, 0.2) is 30.3 Å². The van der Waals surface area contributed by atoms with Gasteiger partial charge in [0.15, 0.2) is 0 Å². The topological polar surface area (TPSA) is 65.1 Å². The molecule has 6 heteroatoms. The lowest BCUT2D eigenvalue weighted by atomic mass is 9.85. The van der Waals surface area contributed by atoms with Crippen molar-refractivity contribution in [1.29, 1.82) is 0 Å². The fraction of sp³-hybridized carbons (Fsp3) is 0.556. The largest absolute Gasteiger partial charge is 0.464 e. The fourth-order valence-electron chi connectivity index (χ4n) is 3.45. The Bertz CT molecular complexity index is 590. The second-order valence-corrected chi connectivity index (χ2v) is 6.25. The summed E-state index contributed by atoms with van der Waals surface area (Å²) in [7, 11) is 0. The van der Waals surface area contributed by atoms with Crippen LogP contribution in [-0.4, -0.2) is 48.4 Å². The Hall–Kier alpha value is -2.08. The van der Waals surface area contributed by atoms with Crippen LogP contribution >= 0.6 is 0 Å². The number of piperidine rings is 1. The number of ether oxygens (including phenoxy) is 3. The van der Waals surface area contributed by atoms with Crippen molar-refractivity contribution in [3.05, 3.63) is 35.9 Å². The number of nitrogens with zero attached hydrogens (tertiary/aromatic N) is 1. The van der Waals surface area contributed by atoms with E-state index in [0.29, 0.717) is 19.6 Å². The van der Waals surface area contributed by atoms with E-state index in [1.165, 1.54) is 4.90 Å². The molecular formula is C18H23NO5. The Morgan fingerprint density at radius 1 is 1.33 bits per heavy atom. The van der Waals surface area contributed by atoms with Gasteiger partial charge in [0.05, 0.1) is 25.4 Å². The van der Waals surface area contributed by atoms with Crippen LogP contribution in [0.5, 0.6) is 0 Å². The lowest BCUT2D eigenvalue weighted by Crippen LogP contribution is -2.58. The maximum atomic E-state index is 12.3. The minimum atomic E-state index is -0.637. The van der Waals surface area contributed by atoms with Gasteiger partial charge in [-0.3, -0.25) is 4.90 Å². The lowest BCUT2D eigenvalue weighted by molar-refractivity contribution is -0.155. The first-order valence-electron chi connectivity index (χ1n) is 8.39. The summed E-state index contributed by atoms with van der Waals surface area (Å²) in [5.74, 6) is -0.299. The monoisotopic (exact) mass is 333 g/mol. The molecule has 0 bridgehead atoms. The predicted octanol–water partition coefficient (Wildman–Crippen LogP) is 2.36. The molecule has 2 aliphatic rings. The average Bonchev–Trinajstić information content (AvgIpc) is 2.98. The number of fused-ring (bicyclic) bond motifs is 1. The van der Waals surface area contributed by atoms with Gasteiger partial charge in [-0.2, -0.15) is 0 Å². The van der Waals surface area contributed by atoms with Gasteiger partial charge in [0.1, 0.15) is 12.6 Å². The molecule has 130 valence electrons. The average molecular weight is 333 g/mol. The number of amides is 1. The predicted molar refractivity (Wildman–Crippen MR) is 86.2 cm³/mol. The van der Waals surface area contributed by atoms with Crippen molar-refractivity contribution in [3.8, 4) is 0 Å². The van der Waals surface area contributed by atoms with E-state index in [9.17, 15) is 9.59 Å². The van der Waals surface area contributed by atoms with Crippen LogP contribution in [0.25, 0.3) is 0 Å². The molecule has 2 heterocycles. The van der Waals surface area contributed by atoms with Gasteiger partial charge in [0, 0.05) is 12.3 Å². The highest BCUT2D eigenvalue weighted by atomic mass is 16.6. The van der Waals surface area contributed by atoms with Gasteiger partial charge in [-0.25, -0.2) is 9.59 Å². The van der Waals surface area contributed by atoms with Crippen LogP contribution in [0, 0.1) is 5.92 Å². The molecule has 2 saturated heterocycles. The molecule has 2 aliphatic heterocycles. The van der Waals surface area contributed by atoms with Crippen LogP contribution in [0.1, 0.15) is 25.8 Å². The summed E-state index contributed by atoms with van der Waals surface area (Å²) in [6.07, 6.45) is -0.139. The van der Waals surface area contributed by atoms with Gasteiger partial charge in [-0.1, -0.05) is 37.3 Å². The summed E-state index contributed by atoms with van der Waals surface area (Å²) < 4.78 is 16.4. The Morgan fingerprint density at radius 2 is 2.08 bits per heavy atom. The van der Waals surface area contributed by atoms with E-state index in [0.717, 1.165) is 5.56 Å². The normalized spacial score (nSPS) is 29.1. The lowest BCUT2D eigenvalue weighted by Gasteiger charge is -2.42. The zero-order valence-electron chi connectivity index (χ0n) is 14.0. The molecule has 24 heavy (non-hydrogen) atoms. The van der Waals surface area contributed by atoms with Crippen LogP contribution in [0.4, 0.5) is 4.79 Å². The maximum Gasteiger partial charge on any atom is 0.410 e. The van der Waals surface area contributed by atoms with Crippen molar-refractivity contribution in [2.24, 2.45) is 5.92 Å². The van der Waals surface area contributed by atoms with E-state index in [1.54, 1.807) is 6.92 Å². The van der Waals surface area contributed by atoms with Crippen LogP contribution in [0.2, 0.25) is 0 Å². The molecule has 0 aromatic heterocycles. The summed E-state index contributed by atoms with van der Waals surface area (Å²) in [6.45, 7) is 4.85. The zero-order valence-corrected chi connectivity index (χ0v) is 14.0. The minimum absolute atomic E-state index is 0.0887. The van der Waals surface area contributed by atoms with E-state index >= 15 is 0 Å². The first-order chi connectivity index (χ1) is 11.6. The minimum Gasteiger partial charge on any atom is -0.464 e. The standard InChI is InChI=1S/C18H23NO5/c1-3-22-17(20)14-9-16(23-10-13-7-5-4-6-8-13)12(2)15-11-24-18(21)19(14)15/h4-8,12,14-16H,3,9-11H2,1-2H3/t12-,14-,15-,16+/m0/s1. The number of esters is 1. The Morgan fingerprint density at radius 3 is 2.79 bits per heavy atom. The number of hydrogen-bond donors (Lipinski definition) is 0. The van der Waals surface area contributed by atoms with E-state index < -0.39 is 12.1 Å². The van der Waals surface area contributed by atoms with Crippen molar-refractivity contribution in [3.63, 3.8) is 0 Å². The summed E-state index contributed by atoms with van der Waals surface area (Å²) >= 11 is 0. The van der Waals surface area contributed by atoms with E-state index in [2.05, 4.69) is 0 Å². The molecule has 1 aromatic rings. The highest BCUT2D eigenvalue weighted by molar-refractivity contribution is 5.83. The molecule has 1 aromatic carbocycles. The highest BCUT2D eigenvalue weighted by Gasteiger charge is 2.51. The molecule has 6 nitrogen and oxygen atoms in total. The van der Waals surface area contributed by atoms with Crippen LogP contribution in [-0.2, 0) is 25.6 Å². The molecule has 3 rings (SSSR count). The molecule has 1 amide bonds. The molecule has 0 N–H and O–H groups in total. The van der Waals surface area contributed by atoms with Gasteiger partial charge in [-0.15, -0.1) is 0 Å². The first-order valence-corrected chi connectivity index (χ1v) is 8.39. The summed E-state index contributed by atoms with van der Waals surface area (Å²) in [5, 5.41) is 0. The van der Waals surface area contributed by atoms with Crippen LogP contribution in [0.3, 0.4) is 0 Å². The Kier molecular flexibility index (Phi) is 5.04. The van der Waals surface area contributed by atoms with Crippen molar-refractivity contribution < 1.29 is 23.8 Å². The third kappa shape index (κ3) is 3.24.